The number of para-hydroxylation sites is 3. The van der Waals surface area contributed by atoms with Crippen molar-refractivity contribution in [3.05, 3.63) is 198 Å². The summed E-state index contributed by atoms with van der Waals surface area (Å²) < 4.78 is 9.86. The first-order valence-corrected chi connectivity index (χ1v) is 21.9. The van der Waals surface area contributed by atoms with E-state index in [4.69, 9.17) is 14.7 Å². The fourth-order valence-corrected chi connectivity index (χ4v) is 10.7. The zero-order chi connectivity index (χ0) is 42.9. The SMILES string of the molecule is Cc1cccc(C)c1B1c2ccccc2B(c2c(C)cccc2C)c2c(Oc3cccc4c3[nH]c3c(-c5ccccn5)cccc34)cc(-c3nccn3-c3c(C)cccc3C)cc21. The number of aryl methyl sites for hydroxylation is 6. The highest BCUT2D eigenvalue weighted by Crippen LogP contribution is 2.38. The maximum Gasteiger partial charge on any atom is 0.245 e. The lowest BCUT2D eigenvalue weighted by atomic mass is 9.20. The average molecular weight is 813 g/mol. The summed E-state index contributed by atoms with van der Waals surface area (Å²) in [6, 6.07) is 52.5. The third kappa shape index (κ3) is 6.25. The summed E-state index contributed by atoms with van der Waals surface area (Å²) in [5.41, 5.74) is 21.2. The van der Waals surface area contributed by atoms with Crippen molar-refractivity contribution in [1.29, 1.82) is 0 Å². The monoisotopic (exact) mass is 812 g/mol. The van der Waals surface area contributed by atoms with E-state index in [0.717, 1.165) is 61.6 Å². The molecular formula is C56H46B2N4O. The summed E-state index contributed by atoms with van der Waals surface area (Å²) in [7, 11) is 0. The Labute approximate surface area is 369 Å². The molecule has 0 atom stereocenters. The van der Waals surface area contributed by atoms with Gasteiger partial charge < -0.3 is 9.72 Å². The summed E-state index contributed by atoms with van der Waals surface area (Å²) in [6.45, 7) is 13.2. The molecule has 11 rings (SSSR count). The Morgan fingerprint density at radius 2 is 1.06 bits per heavy atom. The molecule has 0 radical (unpaired) electrons. The molecule has 3 aromatic heterocycles. The molecule has 4 heterocycles. The Morgan fingerprint density at radius 1 is 0.476 bits per heavy atom. The Morgan fingerprint density at radius 3 is 1.73 bits per heavy atom. The molecule has 0 spiro atoms. The zero-order valence-corrected chi connectivity index (χ0v) is 36.5. The van der Waals surface area contributed by atoms with Crippen LogP contribution in [0.25, 0.3) is 50.1 Å². The molecule has 0 aliphatic carbocycles. The molecule has 302 valence electrons. The van der Waals surface area contributed by atoms with Gasteiger partial charge in [-0.05, 0) is 82.4 Å². The van der Waals surface area contributed by atoms with Crippen molar-refractivity contribution in [3.63, 3.8) is 0 Å². The van der Waals surface area contributed by atoms with E-state index in [2.05, 4.69) is 191 Å². The lowest BCUT2D eigenvalue weighted by Crippen LogP contribution is -2.76. The van der Waals surface area contributed by atoms with Gasteiger partial charge in [-0.3, -0.25) is 9.55 Å². The van der Waals surface area contributed by atoms with Gasteiger partial charge in [0.1, 0.15) is 11.6 Å². The van der Waals surface area contributed by atoms with Crippen LogP contribution in [-0.4, -0.2) is 32.9 Å². The number of H-pyrrole nitrogens is 1. The molecule has 0 saturated carbocycles. The second-order valence-corrected chi connectivity index (χ2v) is 17.3. The van der Waals surface area contributed by atoms with E-state index < -0.39 is 0 Å². The van der Waals surface area contributed by atoms with Gasteiger partial charge in [-0.15, -0.1) is 0 Å². The maximum atomic E-state index is 7.60. The Bertz CT molecular complexity index is 3360. The van der Waals surface area contributed by atoms with Crippen LogP contribution in [0.2, 0.25) is 0 Å². The van der Waals surface area contributed by atoms with Crippen LogP contribution in [0.1, 0.15) is 33.4 Å². The van der Waals surface area contributed by atoms with E-state index in [1.807, 2.05) is 24.5 Å². The van der Waals surface area contributed by atoms with Crippen LogP contribution in [0.5, 0.6) is 11.5 Å². The van der Waals surface area contributed by atoms with Gasteiger partial charge in [0.05, 0.1) is 22.4 Å². The van der Waals surface area contributed by atoms with Gasteiger partial charge in [-0.1, -0.05) is 171 Å². The van der Waals surface area contributed by atoms with Crippen LogP contribution in [-0.2, 0) is 0 Å². The lowest BCUT2D eigenvalue weighted by Gasteiger charge is -2.36. The van der Waals surface area contributed by atoms with Crippen molar-refractivity contribution >= 4 is 68.0 Å². The summed E-state index contributed by atoms with van der Waals surface area (Å²) in [4.78, 5) is 13.7. The number of pyridine rings is 1. The molecule has 5 nitrogen and oxygen atoms in total. The highest BCUT2D eigenvalue weighted by molar-refractivity contribution is 7.12. The summed E-state index contributed by atoms with van der Waals surface area (Å²) >= 11 is 0. The van der Waals surface area contributed by atoms with Crippen molar-refractivity contribution in [2.75, 3.05) is 0 Å². The molecule has 1 aliphatic rings. The number of hydrogen-bond acceptors (Lipinski definition) is 3. The fraction of sp³-hybridized carbons (Fsp3) is 0.107. The van der Waals surface area contributed by atoms with Crippen LogP contribution in [0, 0.1) is 41.5 Å². The fourth-order valence-electron chi connectivity index (χ4n) is 10.7. The second kappa shape index (κ2) is 15.2. The van der Waals surface area contributed by atoms with Crippen LogP contribution in [0.3, 0.4) is 0 Å². The molecule has 0 unspecified atom stereocenters. The standard InChI is InChI=1S/C56H46B2N4O/c1-34-16-11-17-35(2)50(34)57-44-25-7-8-26-45(44)58(51-36(3)18-12-19-37(51)4)52-46(57)32-40(56-60-30-31-62(56)55-38(5)20-13-21-39(55)6)33-49(52)63-48-28-15-23-42-41-22-14-24-43(53(41)61-54(42)48)47-27-9-10-29-59-47/h7-33,61H,1-6H3. The summed E-state index contributed by atoms with van der Waals surface area (Å²) in [5, 5.41) is 2.23. The number of nitrogens with zero attached hydrogens (tertiary/aromatic N) is 3. The first kappa shape index (κ1) is 38.5. The summed E-state index contributed by atoms with van der Waals surface area (Å²) in [6.07, 6.45) is 5.86. The van der Waals surface area contributed by atoms with Crippen LogP contribution < -0.4 is 37.5 Å². The first-order chi connectivity index (χ1) is 30.8. The van der Waals surface area contributed by atoms with Crippen LogP contribution >= 0.6 is 0 Å². The minimum absolute atomic E-state index is 0.0614. The van der Waals surface area contributed by atoms with Crippen LogP contribution in [0.4, 0.5) is 0 Å². The topological polar surface area (TPSA) is 55.7 Å². The molecule has 1 aliphatic heterocycles. The number of aromatic amines is 1. The number of fused-ring (bicyclic) bond motifs is 5. The number of rotatable bonds is 7. The maximum absolute atomic E-state index is 7.60. The second-order valence-electron chi connectivity index (χ2n) is 17.3. The van der Waals surface area contributed by atoms with Gasteiger partial charge in [0.2, 0.25) is 13.4 Å². The highest BCUT2D eigenvalue weighted by Gasteiger charge is 2.43. The van der Waals surface area contributed by atoms with Gasteiger partial charge in [-0.25, -0.2) is 4.98 Å². The quantitative estimate of drug-likeness (QED) is 0.164. The lowest BCUT2D eigenvalue weighted by molar-refractivity contribution is 0.491. The molecule has 0 bridgehead atoms. The van der Waals surface area contributed by atoms with Gasteiger partial charge in [-0.2, -0.15) is 0 Å². The van der Waals surface area contributed by atoms with E-state index in [1.165, 1.54) is 66.2 Å². The number of benzene rings is 7. The smallest absolute Gasteiger partial charge is 0.245 e. The van der Waals surface area contributed by atoms with E-state index >= 15 is 0 Å². The average Bonchev–Trinajstić information content (AvgIpc) is 3.93. The molecule has 0 amide bonds. The summed E-state index contributed by atoms with van der Waals surface area (Å²) in [5.74, 6) is 2.44. The van der Waals surface area contributed by atoms with Gasteiger partial charge in [0.15, 0.2) is 5.75 Å². The van der Waals surface area contributed by atoms with Gasteiger partial charge in [0, 0.05) is 40.5 Å². The Hall–Kier alpha value is -7.37. The molecule has 7 heteroatoms. The first-order valence-electron chi connectivity index (χ1n) is 21.9. The van der Waals surface area contributed by atoms with Crippen molar-refractivity contribution in [3.8, 4) is 39.8 Å². The van der Waals surface area contributed by atoms with E-state index in [9.17, 15) is 0 Å². The highest BCUT2D eigenvalue weighted by atomic mass is 16.5. The third-order valence-corrected chi connectivity index (χ3v) is 13.4. The predicted molar refractivity (Wildman–Crippen MR) is 265 cm³/mol. The minimum atomic E-state index is -0.0990. The van der Waals surface area contributed by atoms with Crippen molar-refractivity contribution < 1.29 is 4.74 Å². The minimum Gasteiger partial charge on any atom is -0.456 e. The van der Waals surface area contributed by atoms with Crippen LogP contribution in [0.15, 0.2) is 164 Å². The van der Waals surface area contributed by atoms with Crippen molar-refractivity contribution in [2.24, 2.45) is 0 Å². The number of ether oxygens (including phenoxy) is 1. The number of aromatic nitrogens is 4. The van der Waals surface area contributed by atoms with Crippen molar-refractivity contribution in [1.82, 2.24) is 19.5 Å². The normalized spacial score (nSPS) is 12.2. The third-order valence-electron chi connectivity index (χ3n) is 13.4. The number of hydrogen-bond donors (Lipinski definition) is 1. The number of nitrogens with one attached hydrogen (secondary N) is 1. The van der Waals surface area contributed by atoms with E-state index in [0.29, 0.717) is 0 Å². The largest absolute Gasteiger partial charge is 0.456 e. The van der Waals surface area contributed by atoms with E-state index in [-0.39, 0.29) is 13.4 Å². The predicted octanol–water partition coefficient (Wildman–Crippen LogP) is 9.22. The molecule has 10 aromatic rings. The molecule has 0 fully saturated rings. The van der Waals surface area contributed by atoms with Gasteiger partial charge in [0.25, 0.3) is 0 Å². The van der Waals surface area contributed by atoms with Gasteiger partial charge >= 0.3 is 0 Å². The van der Waals surface area contributed by atoms with Crippen molar-refractivity contribution in [2.45, 2.75) is 41.5 Å². The zero-order valence-electron chi connectivity index (χ0n) is 36.5. The molecule has 0 saturated heterocycles. The Balaban J connectivity index is 1.24. The molecule has 1 N–H and O–H groups in total. The Kier molecular flexibility index (Phi) is 9.31. The molecule has 7 aromatic carbocycles. The van der Waals surface area contributed by atoms with E-state index in [1.54, 1.807) is 0 Å². The number of imidazole rings is 1. The molecule has 63 heavy (non-hydrogen) atoms. The molecular weight excluding hydrogens is 766 g/mol.